The number of hydrogen-bond donors (Lipinski definition) is 3. The largest absolute Gasteiger partial charge is 0.422 e. The number of benzene rings is 2. The van der Waals surface area contributed by atoms with E-state index in [-0.39, 0.29) is 29.9 Å². The molecule has 1 amide bonds. The van der Waals surface area contributed by atoms with Crippen LogP contribution in [-0.4, -0.2) is 78.6 Å². The zero-order valence-corrected chi connectivity index (χ0v) is 25.2. The van der Waals surface area contributed by atoms with Crippen LogP contribution >= 0.6 is 11.3 Å². The number of rotatable bonds is 10. The van der Waals surface area contributed by atoms with Gasteiger partial charge in [-0.05, 0) is 42.3 Å². The molecule has 4 aromatic rings. The second kappa shape index (κ2) is 11.5. The number of aliphatic hydroxyl groups is 1. The number of fused-ring (bicyclic) bond motifs is 1. The van der Waals surface area contributed by atoms with Crippen LogP contribution in [0.4, 0.5) is 13.2 Å². The molecule has 1 atom stereocenters. The molecule has 5 rings (SSSR count). The topological polar surface area (TPSA) is 199 Å². The molecule has 1 aliphatic heterocycles. The van der Waals surface area contributed by atoms with Crippen LogP contribution in [0, 0.1) is 0 Å². The van der Waals surface area contributed by atoms with E-state index < -0.39 is 61.7 Å². The van der Waals surface area contributed by atoms with Crippen molar-refractivity contribution in [3.63, 3.8) is 0 Å². The molecule has 19 heteroatoms. The summed E-state index contributed by atoms with van der Waals surface area (Å²) in [6, 6.07) is 11.8. The van der Waals surface area contributed by atoms with E-state index in [0.29, 0.717) is 26.9 Å². The van der Waals surface area contributed by atoms with E-state index in [2.05, 4.69) is 15.2 Å². The predicted molar refractivity (Wildman–Crippen MR) is 152 cm³/mol. The fourth-order valence-corrected chi connectivity index (χ4v) is 7.97. The highest BCUT2D eigenvalue weighted by Gasteiger charge is 2.41. The van der Waals surface area contributed by atoms with E-state index in [1.54, 1.807) is 49.4 Å². The van der Waals surface area contributed by atoms with Gasteiger partial charge in [0.25, 0.3) is 16.1 Å². The zero-order valence-electron chi connectivity index (χ0n) is 22.8. The number of halogens is 3. The normalized spacial score (nSPS) is 16.2. The molecular formula is C25H25F3N6O7S3. The Morgan fingerprint density at radius 2 is 1.86 bits per heavy atom. The minimum absolute atomic E-state index is 0.136. The van der Waals surface area contributed by atoms with Gasteiger partial charge in [-0.25, -0.2) is 18.5 Å². The third kappa shape index (κ3) is 7.41. The van der Waals surface area contributed by atoms with Gasteiger partial charge in [0.15, 0.2) is 15.1 Å². The standard InChI is InChI=1S/C25H25F3N6O7S3/c1-24(36)12-34(13-24)23(35)16-4-2-3-14(9-16)15-5-6-17-18(10-15)42-22(31-17)20(43(37,38)8-7-25(26,27)28)21-33-32-19(41-21)11-30-44(29,39)40/h2-6,9-10,20,30,36H,7-8,11-13H2,1H3,(H2,29,39,40). The number of carbonyl (C=O) groups excluding carboxylic acids is 1. The number of nitrogens with zero attached hydrogens (tertiary/aromatic N) is 4. The summed E-state index contributed by atoms with van der Waals surface area (Å²) in [4.78, 5) is 18.7. The molecule has 1 aliphatic rings. The van der Waals surface area contributed by atoms with E-state index in [1.165, 1.54) is 4.90 Å². The maximum Gasteiger partial charge on any atom is 0.390 e. The summed E-state index contributed by atoms with van der Waals surface area (Å²) in [5.74, 6) is -2.49. The molecular weight excluding hydrogens is 650 g/mol. The Morgan fingerprint density at radius 1 is 1.16 bits per heavy atom. The highest BCUT2D eigenvalue weighted by molar-refractivity contribution is 7.92. The number of alkyl halides is 3. The number of aromatic nitrogens is 3. The van der Waals surface area contributed by atoms with Crippen LogP contribution < -0.4 is 9.86 Å². The lowest BCUT2D eigenvalue weighted by molar-refractivity contribution is -0.130. The van der Waals surface area contributed by atoms with Gasteiger partial charge in [0.2, 0.25) is 11.8 Å². The summed E-state index contributed by atoms with van der Waals surface area (Å²) in [7, 11) is -8.78. The number of nitrogens with two attached hydrogens (primary N) is 1. The van der Waals surface area contributed by atoms with Crippen LogP contribution in [-0.2, 0) is 26.6 Å². The van der Waals surface area contributed by atoms with E-state index in [1.807, 2.05) is 4.72 Å². The monoisotopic (exact) mass is 674 g/mol. The van der Waals surface area contributed by atoms with E-state index in [0.717, 1.165) is 11.3 Å². The predicted octanol–water partition coefficient (Wildman–Crippen LogP) is 2.30. The van der Waals surface area contributed by atoms with Crippen molar-refractivity contribution in [2.24, 2.45) is 5.14 Å². The highest BCUT2D eigenvalue weighted by atomic mass is 32.2. The molecule has 1 unspecified atom stereocenters. The van der Waals surface area contributed by atoms with Crippen molar-refractivity contribution in [1.82, 2.24) is 24.8 Å². The van der Waals surface area contributed by atoms with Crippen molar-refractivity contribution < 1.29 is 44.3 Å². The molecule has 1 fully saturated rings. The number of carbonyl (C=O) groups is 1. The molecule has 4 N–H and O–H groups in total. The van der Waals surface area contributed by atoms with Crippen molar-refractivity contribution in [2.75, 3.05) is 18.8 Å². The van der Waals surface area contributed by atoms with Crippen LogP contribution in [0.15, 0.2) is 46.9 Å². The van der Waals surface area contributed by atoms with Gasteiger partial charge in [0.1, 0.15) is 5.01 Å². The SMILES string of the molecule is CC1(O)CN(C(=O)c2cccc(-c3ccc4nc(C(c5nnc(CNS(N)(=O)=O)o5)S(=O)(=O)CCC(F)(F)F)sc4c3)c2)C1. The van der Waals surface area contributed by atoms with Gasteiger partial charge < -0.3 is 14.4 Å². The summed E-state index contributed by atoms with van der Waals surface area (Å²) in [6.07, 6.45) is -6.39. The van der Waals surface area contributed by atoms with E-state index in [4.69, 9.17) is 9.56 Å². The van der Waals surface area contributed by atoms with Gasteiger partial charge in [-0.15, -0.1) is 21.5 Å². The minimum Gasteiger partial charge on any atom is -0.422 e. The van der Waals surface area contributed by atoms with Crippen molar-refractivity contribution in [2.45, 2.75) is 36.9 Å². The van der Waals surface area contributed by atoms with Gasteiger partial charge in [-0.1, -0.05) is 18.2 Å². The Hall–Kier alpha value is -3.49. The van der Waals surface area contributed by atoms with Crippen molar-refractivity contribution in [1.29, 1.82) is 0 Å². The molecule has 236 valence electrons. The number of likely N-dealkylation sites (tertiary alicyclic amines) is 1. The van der Waals surface area contributed by atoms with Crippen LogP contribution in [0.25, 0.3) is 21.3 Å². The van der Waals surface area contributed by atoms with Gasteiger partial charge >= 0.3 is 6.18 Å². The molecule has 3 heterocycles. The van der Waals surface area contributed by atoms with Gasteiger partial charge in [-0.2, -0.15) is 26.3 Å². The average Bonchev–Trinajstić information content (AvgIpc) is 3.55. The number of hydrogen-bond acceptors (Lipinski definition) is 11. The van der Waals surface area contributed by atoms with Crippen LogP contribution in [0.5, 0.6) is 0 Å². The Morgan fingerprint density at radius 3 is 2.52 bits per heavy atom. The zero-order chi connectivity index (χ0) is 32.1. The molecule has 0 saturated carbocycles. The van der Waals surface area contributed by atoms with Crippen molar-refractivity contribution >= 4 is 47.5 Å². The van der Waals surface area contributed by atoms with Gasteiger partial charge in [0.05, 0.1) is 47.6 Å². The Balaban J connectivity index is 1.48. The van der Waals surface area contributed by atoms with E-state index in [9.17, 15) is 39.9 Å². The Labute approximate surface area is 253 Å². The van der Waals surface area contributed by atoms with E-state index >= 15 is 0 Å². The van der Waals surface area contributed by atoms with Crippen LogP contribution in [0.2, 0.25) is 0 Å². The lowest BCUT2D eigenvalue weighted by Crippen LogP contribution is -2.61. The fourth-order valence-electron chi connectivity index (χ4n) is 4.56. The third-order valence-corrected chi connectivity index (χ3v) is 10.3. The average molecular weight is 675 g/mol. The first kappa shape index (κ1) is 31.9. The lowest BCUT2D eigenvalue weighted by Gasteiger charge is -2.44. The van der Waals surface area contributed by atoms with Crippen LogP contribution in [0.3, 0.4) is 0 Å². The molecule has 13 nitrogen and oxygen atoms in total. The highest BCUT2D eigenvalue weighted by Crippen LogP contribution is 2.38. The summed E-state index contributed by atoms with van der Waals surface area (Å²) >= 11 is 0.890. The summed E-state index contributed by atoms with van der Waals surface area (Å²) < 4.78 is 95.6. The second-order valence-corrected chi connectivity index (χ2v) is 15.1. The Bertz CT molecular complexity index is 1930. The second-order valence-electron chi connectivity index (χ2n) is 10.5. The smallest absolute Gasteiger partial charge is 0.390 e. The summed E-state index contributed by atoms with van der Waals surface area (Å²) in [5, 5.41) is 20.1. The molecule has 2 aromatic carbocycles. The van der Waals surface area contributed by atoms with Crippen molar-refractivity contribution in [3.05, 3.63) is 64.8 Å². The first-order valence-electron chi connectivity index (χ1n) is 12.8. The molecule has 0 bridgehead atoms. The molecule has 0 spiro atoms. The number of nitrogens with one attached hydrogen (secondary N) is 1. The first-order valence-corrected chi connectivity index (χ1v) is 16.9. The Kier molecular flexibility index (Phi) is 8.31. The number of amides is 1. The number of thiazole rings is 1. The maximum absolute atomic E-state index is 13.3. The number of β-amino-alcohol motifs (C(OH)–C–C–N with tert-alkyl or cyclic N) is 1. The molecule has 44 heavy (non-hydrogen) atoms. The molecule has 0 radical (unpaired) electrons. The molecule has 0 aliphatic carbocycles. The first-order chi connectivity index (χ1) is 20.4. The summed E-state index contributed by atoms with van der Waals surface area (Å²) in [6.45, 7) is 1.48. The van der Waals surface area contributed by atoms with Gasteiger partial charge in [-0.3, -0.25) is 4.79 Å². The lowest BCUT2D eigenvalue weighted by atomic mass is 9.95. The fraction of sp³-hybridized carbons (Fsp3) is 0.360. The van der Waals surface area contributed by atoms with Crippen LogP contribution in [0.1, 0.15) is 45.7 Å². The third-order valence-electron chi connectivity index (χ3n) is 6.58. The number of sulfone groups is 1. The maximum atomic E-state index is 13.3. The van der Waals surface area contributed by atoms with Crippen molar-refractivity contribution in [3.8, 4) is 11.1 Å². The quantitative estimate of drug-likeness (QED) is 0.224. The van der Waals surface area contributed by atoms with Gasteiger partial charge in [0, 0.05) is 5.56 Å². The minimum atomic E-state index is -4.76. The summed E-state index contributed by atoms with van der Waals surface area (Å²) in [5.41, 5.74) is 1.14. The molecule has 2 aromatic heterocycles. The molecule has 1 saturated heterocycles.